The number of aliphatic hydroxyl groups excluding tert-OH is 1. The van der Waals surface area contributed by atoms with Crippen molar-refractivity contribution in [3.63, 3.8) is 0 Å². The zero-order valence-electron chi connectivity index (χ0n) is 15.8. The number of fused-ring (bicyclic) bond motifs is 1. The number of halogens is 4. The smallest absolute Gasteiger partial charge is 0.392 e. The van der Waals surface area contributed by atoms with Crippen LogP contribution in [0, 0.1) is 5.82 Å². The van der Waals surface area contributed by atoms with Crippen LogP contribution >= 0.6 is 11.3 Å². The molecule has 1 amide bonds. The standard InChI is InChI=1S/C18H17F4N5O2S/c1-8(28)5-24-16(29)14-15-12(4-13(30-15)18(20,21)22)26-17(27-14)25-9(2)10-3-11(19)7-23-6-10/h3-4,6-9,28H,5H2,1-2H3,(H,24,29)(H,25,26,27)/t8-,9-/m0/s1. The molecule has 0 bridgehead atoms. The first-order valence-corrected chi connectivity index (χ1v) is 9.58. The summed E-state index contributed by atoms with van der Waals surface area (Å²) in [7, 11) is 0. The van der Waals surface area contributed by atoms with E-state index in [1.54, 1.807) is 6.92 Å². The molecule has 0 saturated heterocycles. The van der Waals surface area contributed by atoms with Crippen LogP contribution < -0.4 is 10.6 Å². The number of anilines is 1. The summed E-state index contributed by atoms with van der Waals surface area (Å²) in [6.07, 6.45) is -3.00. The topological polar surface area (TPSA) is 100 Å². The molecule has 0 radical (unpaired) electrons. The molecule has 12 heteroatoms. The van der Waals surface area contributed by atoms with E-state index in [4.69, 9.17) is 0 Å². The highest BCUT2D eigenvalue weighted by Gasteiger charge is 2.34. The highest BCUT2D eigenvalue weighted by molar-refractivity contribution is 7.19. The molecular formula is C18H17F4N5O2S. The lowest BCUT2D eigenvalue weighted by atomic mass is 10.1. The van der Waals surface area contributed by atoms with E-state index in [9.17, 15) is 27.5 Å². The normalized spacial score (nSPS) is 13.8. The molecule has 0 unspecified atom stereocenters. The summed E-state index contributed by atoms with van der Waals surface area (Å²) in [6.45, 7) is 3.01. The molecule has 30 heavy (non-hydrogen) atoms. The molecule has 3 N–H and O–H groups in total. The van der Waals surface area contributed by atoms with E-state index in [1.807, 2.05) is 0 Å². The van der Waals surface area contributed by atoms with E-state index in [-0.39, 0.29) is 28.4 Å². The molecule has 0 fully saturated rings. The fourth-order valence-corrected chi connectivity index (χ4v) is 3.50. The van der Waals surface area contributed by atoms with Crippen LogP contribution in [0.4, 0.5) is 23.5 Å². The van der Waals surface area contributed by atoms with Gasteiger partial charge in [0.15, 0.2) is 5.69 Å². The molecule has 2 atom stereocenters. The fourth-order valence-electron chi connectivity index (χ4n) is 2.55. The lowest BCUT2D eigenvalue weighted by Crippen LogP contribution is -2.31. The van der Waals surface area contributed by atoms with E-state index >= 15 is 0 Å². The summed E-state index contributed by atoms with van der Waals surface area (Å²) in [5, 5.41) is 14.6. The minimum Gasteiger partial charge on any atom is -0.392 e. The van der Waals surface area contributed by atoms with E-state index in [0.717, 1.165) is 12.3 Å². The molecule has 0 saturated carbocycles. The van der Waals surface area contributed by atoms with Gasteiger partial charge in [-0.25, -0.2) is 14.4 Å². The molecule has 3 heterocycles. The number of carbonyl (C=O) groups excluding carboxylic acids is 1. The Morgan fingerprint density at radius 1 is 1.23 bits per heavy atom. The fraction of sp³-hybridized carbons (Fsp3) is 0.333. The van der Waals surface area contributed by atoms with Crippen LogP contribution in [0.2, 0.25) is 0 Å². The summed E-state index contributed by atoms with van der Waals surface area (Å²) in [6, 6.07) is 1.54. The molecule has 0 spiro atoms. The zero-order valence-corrected chi connectivity index (χ0v) is 16.6. The minimum absolute atomic E-state index is 0.0314. The molecule has 0 aromatic carbocycles. The lowest BCUT2D eigenvalue weighted by Gasteiger charge is -2.15. The Balaban J connectivity index is 2.01. The second-order valence-electron chi connectivity index (χ2n) is 6.58. The van der Waals surface area contributed by atoms with Crippen molar-refractivity contribution in [2.45, 2.75) is 32.2 Å². The third kappa shape index (κ3) is 5.00. The van der Waals surface area contributed by atoms with Gasteiger partial charge < -0.3 is 15.7 Å². The Morgan fingerprint density at radius 3 is 2.60 bits per heavy atom. The Labute approximate surface area is 172 Å². The van der Waals surface area contributed by atoms with Crippen LogP contribution in [0.3, 0.4) is 0 Å². The molecule has 3 rings (SSSR count). The van der Waals surface area contributed by atoms with E-state index < -0.39 is 34.9 Å². The molecule has 0 aliphatic carbocycles. The van der Waals surface area contributed by atoms with Crippen molar-refractivity contribution in [1.82, 2.24) is 20.3 Å². The number of alkyl halides is 3. The predicted octanol–water partition coefficient (Wildman–Crippen LogP) is 3.53. The van der Waals surface area contributed by atoms with Gasteiger partial charge >= 0.3 is 6.18 Å². The van der Waals surface area contributed by atoms with Crippen LogP contribution in [-0.2, 0) is 6.18 Å². The Kier molecular flexibility index (Phi) is 6.17. The summed E-state index contributed by atoms with van der Waals surface area (Å²) >= 11 is 0.359. The van der Waals surface area contributed by atoms with Crippen LogP contribution in [0.1, 0.15) is 40.8 Å². The van der Waals surface area contributed by atoms with Crippen LogP contribution in [0.15, 0.2) is 24.5 Å². The van der Waals surface area contributed by atoms with E-state index in [2.05, 4.69) is 25.6 Å². The van der Waals surface area contributed by atoms with Gasteiger partial charge in [-0.05, 0) is 31.5 Å². The van der Waals surface area contributed by atoms with Gasteiger partial charge in [-0.1, -0.05) is 0 Å². The van der Waals surface area contributed by atoms with Crippen LogP contribution in [0.25, 0.3) is 10.2 Å². The molecule has 3 aromatic rings. The minimum atomic E-state index is -4.60. The number of thiophene rings is 1. The van der Waals surface area contributed by atoms with E-state index in [0.29, 0.717) is 16.9 Å². The average Bonchev–Trinajstić information content (AvgIpc) is 3.10. The van der Waals surface area contributed by atoms with E-state index in [1.165, 1.54) is 19.2 Å². The van der Waals surface area contributed by atoms with Gasteiger partial charge in [0.05, 0.1) is 28.6 Å². The number of hydrogen-bond donors (Lipinski definition) is 3. The van der Waals surface area contributed by atoms with Crippen molar-refractivity contribution in [1.29, 1.82) is 0 Å². The molecule has 160 valence electrons. The summed E-state index contributed by atoms with van der Waals surface area (Å²) in [4.78, 5) is 23.5. The number of aliphatic hydroxyl groups is 1. The SMILES string of the molecule is C[C@H](O)CNC(=O)c1nc(N[C@@H](C)c2cncc(F)c2)nc2cc(C(F)(F)F)sc12. The second-order valence-corrected chi connectivity index (χ2v) is 7.63. The second kappa shape index (κ2) is 8.48. The van der Waals surface area contributed by atoms with Gasteiger partial charge in [0.1, 0.15) is 10.7 Å². The van der Waals surface area contributed by atoms with Gasteiger partial charge in [0, 0.05) is 12.7 Å². The molecule has 7 nitrogen and oxygen atoms in total. The highest BCUT2D eigenvalue weighted by atomic mass is 32.1. The molecule has 3 aromatic heterocycles. The van der Waals surface area contributed by atoms with Crippen molar-refractivity contribution >= 4 is 33.4 Å². The number of aromatic nitrogens is 3. The Morgan fingerprint density at radius 2 is 1.97 bits per heavy atom. The summed E-state index contributed by atoms with van der Waals surface area (Å²) in [5.41, 5.74) is 0.143. The largest absolute Gasteiger partial charge is 0.425 e. The number of rotatable bonds is 6. The van der Waals surface area contributed by atoms with Crippen LogP contribution in [0.5, 0.6) is 0 Å². The van der Waals surface area contributed by atoms with Crippen molar-refractivity contribution in [3.05, 3.63) is 46.5 Å². The predicted molar refractivity (Wildman–Crippen MR) is 103 cm³/mol. The number of nitrogens with zero attached hydrogens (tertiary/aromatic N) is 3. The molecular weight excluding hydrogens is 426 g/mol. The first-order valence-electron chi connectivity index (χ1n) is 8.76. The van der Waals surface area contributed by atoms with Gasteiger partial charge in [-0.2, -0.15) is 13.2 Å². The highest BCUT2D eigenvalue weighted by Crippen LogP contribution is 2.38. The maximum atomic E-state index is 13.4. The zero-order chi connectivity index (χ0) is 22.1. The van der Waals surface area contributed by atoms with Crippen molar-refractivity contribution in [3.8, 4) is 0 Å². The number of carbonyl (C=O) groups is 1. The third-order valence-corrected chi connectivity index (χ3v) is 5.17. The number of amides is 1. The lowest BCUT2D eigenvalue weighted by molar-refractivity contribution is -0.134. The van der Waals surface area contributed by atoms with Crippen LogP contribution in [-0.4, -0.2) is 38.6 Å². The molecule has 0 aliphatic rings. The molecule has 0 aliphatic heterocycles. The Bertz CT molecular complexity index is 1070. The van der Waals surface area contributed by atoms with Gasteiger partial charge in [0.2, 0.25) is 5.95 Å². The van der Waals surface area contributed by atoms with Crippen molar-refractivity contribution < 1.29 is 27.5 Å². The van der Waals surface area contributed by atoms with Gasteiger partial charge in [-0.3, -0.25) is 9.78 Å². The summed E-state index contributed by atoms with van der Waals surface area (Å²) in [5.74, 6) is -1.40. The van der Waals surface area contributed by atoms with Gasteiger partial charge in [-0.15, -0.1) is 11.3 Å². The maximum absolute atomic E-state index is 13.4. The number of nitrogens with one attached hydrogen (secondary N) is 2. The van der Waals surface area contributed by atoms with Crippen molar-refractivity contribution in [2.75, 3.05) is 11.9 Å². The Hall–Kier alpha value is -2.86. The maximum Gasteiger partial charge on any atom is 0.425 e. The van der Waals surface area contributed by atoms with Gasteiger partial charge in [0.25, 0.3) is 5.91 Å². The summed E-state index contributed by atoms with van der Waals surface area (Å²) < 4.78 is 52.8. The number of pyridine rings is 1. The quantitative estimate of drug-likeness (QED) is 0.504. The first-order chi connectivity index (χ1) is 14.0. The third-order valence-electron chi connectivity index (χ3n) is 4.00. The monoisotopic (exact) mass is 443 g/mol. The average molecular weight is 443 g/mol. The van der Waals surface area contributed by atoms with Crippen molar-refractivity contribution in [2.24, 2.45) is 0 Å². The number of hydrogen-bond acceptors (Lipinski definition) is 7. The first kappa shape index (κ1) is 21.8.